The van der Waals surface area contributed by atoms with Gasteiger partial charge in [0, 0.05) is 30.1 Å². The quantitative estimate of drug-likeness (QED) is 0.748. The molecule has 122 valence electrons. The minimum Gasteiger partial charge on any atom is -0.337 e. The number of benzene rings is 1. The lowest BCUT2D eigenvalue weighted by atomic mass is 10.0. The van der Waals surface area contributed by atoms with Crippen LogP contribution in [0.4, 0.5) is 0 Å². The summed E-state index contributed by atoms with van der Waals surface area (Å²) in [7, 11) is 0. The van der Waals surface area contributed by atoms with Crippen LogP contribution in [0.2, 0.25) is 0 Å². The zero-order chi connectivity index (χ0) is 16.7. The number of fused-ring (bicyclic) bond motifs is 1. The fraction of sp³-hybridized carbons (Fsp3) is 0.294. The molecular weight excluding hydrogens is 306 g/mol. The van der Waals surface area contributed by atoms with Crippen LogP contribution in [0.1, 0.15) is 34.1 Å². The standard InChI is InChI=1S/C17H17N5O2/c1-10-8-18-19-14(10)11-6-7-22(9-11)17(24)15-12-4-2-3-5-13(12)16(23)21-20-15/h2-5,8,11H,6-7,9H2,1H3,(H,18,19)(H,21,23)/t11-/m0/s1. The highest BCUT2D eigenvalue weighted by Crippen LogP contribution is 2.29. The largest absolute Gasteiger partial charge is 0.337 e. The number of rotatable bonds is 2. The Bertz CT molecular complexity index is 974. The van der Waals surface area contributed by atoms with Gasteiger partial charge in [0.2, 0.25) is 0 Å². The highest BCUT2D eigenvalue weighted by atomic mass is 16.2. The summed E-state index contributed by atoms with van der Waals surface area (Å²) in [6.07, 6.45) is 2.69. The van der Waals surface area contributed by atoms with Gasteiger partial charge in [-0.3, -0.25) is 14.7 Å². The molecule has 1 atom stereocenters. The second-order valence-corrected chi connectivity index (χ2v) is 6.15. The molecule has 3 heterocycles. The van der Waals surface area contributed by atoms with Crippen LogP contribution in [0.15, 0.2) is 35.3 Å². The first kappa shape index (κ1) is 14.6. The van der Waals surface area contributed by atoms with Crippen molar-refractivity contribution in [1.29, 1.82) is 0 Å². The normalized spacial score (nSPS) is 17.5. The molecule has 3 aromatic rings. The van der Waals surface area contributed by atoms with Gasteiger partial charge in [-0.2, -0.15) is 10.2 Å². The number of nitrogens with one attached hydrogen (secondary N) is 2. The van der Waals surface area contributed by atoms with Gasteiger partial charge in [0.05, 0.1) is 11.6 Å². The van der Waals surface area contributed by atoms with Crippen LogP contribution in [0.5, 0.6) is 0 Å². The van der Waals surface area contributed by atoms with Gasteiger partial charge in [-0.1, -0.05) is 18.2 Å². The number of aryl methyl sites for hydroxylation is 1. The lowest BCUT2D eigenvalue weighted by Gasteiger charge is -2.16. The molecule has 0 spiro atoms. The second kappa shape index (κ2) is 5.59. The fourth-order valence-electron chi connectivity index (χ4n) is 3.38. The Morgan fingerprint density at radius 3 is 2.79 bits per heavy atom. The lowest BCUT2D eigenvalue weighted by molar-refractivity contribution is 0.0786. The zero-order valence-corrected chi connectivity index (χ0v) is 13.2. The average Bonchev–Trinajstić information content (AvgIpc) is 3.23. The molecule has 1 saturated heterocycles. The summed E-state index contributed by atoms with van der Waals surface area (Å²) in [5.74, 6) is 0.104. The van der Waals surface area contributed by atoms with E-state index in [0.29, 0.717) is 29.6 Å². The van der Waals surface area contributed by atoms with Crippen molar-refractivity contribution in [1.82, 2.24) is 25.3 Å². The number of amides is 1. The molecule has 1 aromatic carbocycles. The fourth-order valence-corrected chi connectivity index (χ4v) is 3.38. The number of likely N-dealkylation sites (tertiary alicyclic amines) is 1. The monoisotopic (exact) mass is 323 g/mol. The third kappa shape index (κ3) is 2.29. The Morgan fingerprint density at radius 1 is 1.25 bits per heavy atom. The molecule has 2 aromatic heterocycles. The number of hydrogen-bond acceptors (Lipinski definition) is 4. The molecule has 0 unspecified atom stereocenters. The highest BCUT2D eigenvalue weighted by Gasteiger charge is 2.31. The minimum atomic E-state index is -0.283. The van der Waals surface area contributed by atoms with Crippen molar-refractivity contribution >= 4 is 16.7 Å². The lowest BCUT2D eigenvalue weighted by Crippen LogP contribution is -2.30. The molecule has 1 aliphatic rings. The summed E-state index contributed by atoms with van der Waals surface area (Å²) in [5, 5.41) is 14.6. The van der Waals surface area contributed by atoms with Gasteiger partial charge in [-0.25, -0.2) is 5.10 Å². The van der Waals surface area contributed by atoms with Crippen molar-refractivity contribution in [2.75, 3.05) is 13.1 Å². The Kier molecular flexibility index (Phi) is 3.41. The molecule has 7 nitrogen and oxygen atoms in total. The summed E-state index contributed by atoms with van der Waals surface area (Å²) < 4.78 is 0. The number of carbonyl (C=O) groups is 1. The molecule has 1 aliphatic heterocycles. The van der Waals surface area contributed by atoms with Crippen LogP contribution < -0.4 is 5.56 Å². The van der Waals surface area contributed by atoms with E-state index in [-0.39, 0.29) is 17.4 Å². The van der Waals surface area contributed by atoms with Crippen LogP contribution in [-0.2, 0) is 0 Å². The SMILES string of the molecule is Cc1cn[nH]c1[C@H]1CCN(C(=O)c2n[nH]c(=O)c3ccccc23)C1. The third-order valence-electron chi connectivity index (χ3n) is 4.65. The summed E-state index contributed by atoms with van der Waals surface area (Å²) in [6, 6.07) is 7.05. The van der Waals surface area contributed by atoms with Crippen LogP contribution >= 0.6 is 0 Å². The van der Waals surface area contributed by atoms with Gasteiger partial charge in [0.15, 0.2) is 5.69 Å². The molecule has 1 fully saturated rings. The Labute approximate surface area is 137 Å². The average molecular weight is 323 g/mol. The molecule has 0 saturated carbocycles. The topological polar surface area (TPSA) is 94.7 Å². The van der Waals surface area contributed by atoms with E-state index in [4.69, 9.17) is 0 Å². The van der Waals surface area contributed by atoms with Crippen molar-refractivity contribution in [2.45, 2.75) is 19.3 Å². The maximum atomic E-state index is 12.9. The number of carbonyl (C=O) groups excluding carboxylic acids is 1. The Morgan fingerprint density at radius 2 is 2.04 bits per heavy atom. The third-order valence-corrected chi connectivity index (χ3v) is 4.65. The van der Waals surface area contributed by atoms with E-state index in [0.717, 1.165) is 17.7 Å². The van der Waals surface area contributed by atoms with Crippen molar-refractivity contribution in [3.05, 3.63) is 57.8 Å². The van der Waals surface area contributed by atoms with E-state index in [9.17, 15) is 9.59 Å². The summed E-state index contributed by atoms with van der Waals surface area (Å²) in [6.45, 7) is 3.30. The molecule has 0 radical (unpaired) electrons. The molecule has 24 heavy (non-hydrogen) atoms. The summed E-state index contributed by atoms with van der Waals surface area (Å²) in [4.78, 5) is 26.5. The van der Waals surface area contributed by atoms with Crippen LogP contribution in [-0.4, -0.2) is 44.3 Å². The predicted octanol–water partition coefficient (Wildman–Crippen LogP) is 1.58. The maximum Gasteiger partial charge on any atom is 0.274 e. The van der Waals surface area contributed by atoms with E-state index in [2.05, 4.69) is 20.4 Å². The van der Waals surface area contributed by atoms with E-state index in [1.807, 2.05) is 6.92 Å². The summed E-state index contributed by atoms with van der Waals surface area (Å²) in [5.41, 5.74) is 2.22. The van der Waals surface area contributed by atoms with Crippen LogP contribution in [0.3, 0.4) is 0 Å². The summed E-state index contributed by atoms with van der Waals surface area (Å²) >= 11 is 0. The molecular formula is C17H17N5O2. The first-order valence-corrected chi connectivity index (χ1v) is 7.91. The van der Waals surface area contributed by atoms with E-state index >= 15 is 0 Å². The van der Waals surface area contributed by atoms with Gasteiger partial charge in [0.1, 0.15) is 0 Å². The first-order chi connectivity index (χ1) is 11.6. The molecule has 0 bridgehead atoms. The second-order valence-electron chi connectivity index (χ2n) is 6.15. The molecule has 2 N–H and O–H groups in total. The number of aromatic amines is 2. The van der Waals surface area contributed by atoms with E-state index in [1.54, 1.807) is 35.4 Å². The minimum absolute atomic E-state index is 0.151. The molecule has 0 aliphatic carbocycles. The predicted molar refractivity (Wildman–Crippen MR) is 88.9 cm³/mol. The smallest absolute Gasteiger partial charge is 0.274 e. The Hall–Kier alpha value is -2.96. The van der Waals surface area contributed by atoms with Gasteiger partial charge < -0.3 is 4.90 Å². The van der Waals surface area contributed by atoms with Crippen molar-refractivity contribution in [2.24, 2.45) is 0 Å². The number of hydrogen-bond donors (Lipinski definition) is 2. The van der Waals surface area contributed by atoms with Gasteiger partial charge >= 0.3 is 0 Å². The van der Waals surface area contributed by atoms with Crippen molar-refractivity contribution < 1.29 is 4.79 Å². The molecule has 4 rings (SSSR count). The molecule has 7 heteroatoms. The zero-order valence-electron chi connectivity index (χ0n) is 13.2. The van der Waals surface area contributed by atoms with Gasteiger partial charge in [-0.15, -0.1) is 0 Å². The van der Waals surface area contributed by atoms with Crippen molar-refractivity contribution in [3.8, 4) is 0 Å². The maximum absolute atomic E-state index is 12.9. The molecule has 1 amide bonds. The van der Waals surface area contributed by atoms with E-state index in [1.165, 1.54) is 0 Å². The van der Waals surface area contributed by atoms with Crippen molar-refractivity contribution in [3.63, 3.8) is 0 Å². The van der Waals surface area contributed by atoms with E-state index < -0.39 is 0 Å². The van der Waals surface area contributed by atoms with Crippen LogP contribution in [0.25, 0.3) is 10.8 Å². The number of H-pyrrole nitrogens is 2. The van der Waals surface area contributed by atoms with Crippen LogP contribution in [0, 0.1) is 6.92 Å². The van der Waals surface area contributed by atoms with Gasteiger partial charge in [-0.05, 0) is 25.0 Å². The number of aromatic nitrogens is 4. The Balaban J connectivity index is 1.65. The van der Waals surface area contributed by atoms with Gasteiger partial charge in [0.25, 0.3) is 11.5 Å². The first-order valence-electron chi connectivity index (χ1n) is 7.91. The highest BCUT2D eigenvalue weighted by molar-refractivity contribution is 6.04. The number of nitrogens with zero attached hydrogens (tertiary/aromatic N) is 3.